The lowest BCUT2D eigenvalue weighted by atomic mass is 10.2. The molecule has 0 unspecified atom stereocenters. The van der Waals surface area contributed by atoms with Gasteiger partial charge in [-0.05, 0) is 30.3 Å². The Hall–Kier alpha value is -2.31. The number of carbonyl (C=O) groups is 1. The predicted octanol–water partition coefficient (Wildman–Crippen LogP) is 1.53. The van der Waals surface area contributed by atoms with E-state index in [2.05, 4.69) is 10.2 Å². The van der Waals surface area contributed by atoms with Crippen LogP contribution in [0.5, 0.6) is 5.75 Å². The molecule has 0 bridgehead atoms. The van der Waals surface area contributed by atoms with Gasteiger partial charge in [0.15, 0.2) is 6.54 Å². The van der Waals surface area contributed by atoms with Crippen molar-refractivity contribution in [1.29, 1.82) is 0 Å². The number of hydrogen-bond donors (Lipinski definition) is 3. The zero-order chi connectivity index (χ0) is 17.8. The molecule has 1 aliphatic heterocycles. The molecule has 2 aromatic carbocycles. The lowest BCUT2D eigenvalue weighted by Gasteiger charge is -2.33. The van der Waals surface area contributed by atoms with Crippen LogP contribution < -0.4 is 15.1 Å². The van der Waals surface area contributed by atoms with Crippen molar-refractivity contribution in [3.63, 3.8) is 0 Å². The van der Waals surface area contributed by atoms with Crippen LogP contribution in [0, 0.1) is 5.82 Å². The Morgan fingerprint density at radius 1 is 1.24 bits per heavy atom. The Labute approximate surface area is 150 Å². The van der Waals surface area contributed by atoms with Gasteiger partial charge in [0.2, 0.25) is 0 Å². The van der Waals surface area contributed by atoms with E-state index in [9.17, 15) is 14.3 Å². The lowest BCUT2D eigenvalue weighted by molar-refractivity contribution is -0.892. The summed E-state index contributed by atoms with van der Waals surface area (Å²) >= 11 is 5.93. The van der Waals surface area contributed by atoms with Gasteiger partial charge in [0.25, 0.3) is 5.91 Å². The standard InChI is InChI=1S/C18H19ClFN3O2/c19-14-11-13(20)5-6-15(14)21-18(25)12-22-7-9-23(10-8-22)16-3-1-2-4-17(16)24/h1-6,11,24H,7-10,12H2,(H,21,25)/p+1. The smallest absolute Gasteiger partial charge is 0.279 e. The molecule has 1 saturated heterocycles. The number of nitrogens with zero attached hydrogens (tertiary/aromatic N) is 1. The van der Waals surface area contributed by atoms with E-state index in [-0.39, 0.29) is 16.7 Å². The molecule has 3 rings (SSSR count). The Balaban J connectivity index is 1.52. The summed E-state index contributed by atoms with van der Waals surface area (Å²) in [5, 5.41) is 12.8. The molecule has 1 amide bonds. The zero-order valence-electron chi connectivity index (χ0n) is 13.6. The minimum Gasteiger partial charge on any atom is -0.506 e. The van der Waals surface area contributed by atoms with Gasteiger partial charge in [-0.2, -0.15) is 0 Å². The Morgan fingerprint density at radius 2 is 1.96 bits per heavy atom. The molecule has 1 heterocycles. The normalized spacial score (nSPS) is 15.2. The second-order valence-electron chi connectivity index (χ2n) is 6.07. The van der Waals surface area contributed by atoms with E-state index in [0.29, 0.717) is 12.2 Å². The number of phenolic OH excluding ortho intramolecular Hbond substituents is 1. The fourth-order valence-electron chi connectivity index (χ4n) is 2.98. The number of anilines is 2. The molecule has 0 spiro atoms. The maximum Gasteiger partial charge on any atom is 0.279 e. The SMILES string of the molecule is O=C(C[NH+]1CCN(c2ccccc2O)CC1)Nc1ccc(F)cc1Cl. The summed E-state index contributed by atoms with van der Waals surface area (Å²) in [5.41, 5.74) is 1.24. The number of carbonyl (C=O) groups excluding carboxylic acids is 1. The number of rotatable bonds is 4. The van der Waals surface area contributed by atoms with Crippen LogP contribution in [0.1, 0.15) is 0 Å². The fraction of sp³-hybridized carbons (Fsp3) is 0.278. The fourth-order valence-corrected chi connectivity index (χ4v) is 3.20. The Bertz CT molecular complexity index is 764. The molecule has 0 radical (unpaired) electrons. The van der Waals surface area contributed by atoms with Crippen LogP contribution in [0.3, 0.4) is 0 Å². The van der Waals surface area contributed by atoms with Crippen molar-refractivity contribution >= 4 is 28.9 Å². The van der Waals surface area contributed by atoms with Crippen molar-refractivity contribution in [1.82, 2.24) is 0 Å². The van der Waals surface area contributed by atoms with E-state index >= 15 is 0 Å². The van der Waals surface area contributed by atoms with Crippen molar-refractivity contribution in [2.45, 2.75) is 0 Å². The maximum absolute atomic E-state index is 13.0. The molecule has 0 atom stereocenters. The number of hydrogen-bond acceptors (Lipinski definition) is 3. The van der Waals surface area contributed by atoms with E-state index in [4.69, 9.17) is 11.6 Å². The van der Waals surface area contributed by atoms with Crippen LogP contribution in [-0.2, 0) is 4.79 Å². The first-order valence-corrected chi connectivity index (χ1v) is 8.52. The second-order valence-corrected chi connectivity index (χ2v) is 6.48. The van der Waals surface area contributed by atoms with E-state index in [0.717, 1.165) is 36.8 Å². The number of benzene rings is 2. The largest absolute Gasteiger partial charge is 0.506 e. The number of halogens is 2. The summed E-state index contributed by atoms with van der Waals surface area (Å²) in [6, 6.07) is 11.2. The number of phenols is 1. The van der Waals surface area contributed by atoms with Crippen molar-refractivity contribution in [2.24, 2.45) is 0 Å². The van der Waals surface area contributed by atoms with Crippen LogP contribution in [0.4, 0.5) is 15.8 Å². The van der Waals surface area contributed by atoms with Gasteiger partial charge >= 0.3 is 0 Å². The Morgan fingerprint density at radius 3 is 2.64 bits per heavy atom. The molecular weight excluding hydrogens is 345 g/mol. The average molecular weight is 365 g/mol. The van der Waals surface area contributed by atoms with Gasteiger partial charge in [0.05, 0.1) is 42.6 Å². The predicted molar refractivity (Wildman–Crippen MR) is 95.9 cm³/mol. The van der Waals surface area contributed by atoms with Crippen molar-refractivity contribution in [3.8, 4) is 5.75 Å². The van der Waals surface area contributed by atoms with E-state index in [1.165, 1.54) is 18.2 Å². The molecule has 5 nitrogen and oxygen atoms in total. The van der Waals surface area contributed by atoms with Crippen molar-refractivity contribution in [3.05, 3.63) is 53.3 Å². The van der Waals surface area contributed by atoms with Crippen LogP contribution in [0.2, 0.25) is 5.02 Å². The van der Waals surface area contributed by atoms with E-state index in [1.54, 1.807) is 12.1 Å². The van der Waals surface area contributed by atoms with E-state index in [1.807, 2.05) is 12.1 Å². The molecule has 132 valence electrons. The molecule has 1 fully saturated rings. The summed E-state index contributed by atoms with van der Waals surface area (Å²) in [6.07, 6.45) is 0. The number of aromatic hydroxyl groups is 1. The minimum atomic E-state index is -0.436. The van der Waals surface area contributed by atoms with Gasteiger partial charge in [0, 0.05) is 0 Å². The highest BCUT2D eigenvalue weighted by molar-refractivity contribution is 6.33. The van der Waals surface area contributed by atoms with Crippen LogP contribution in [0.15, 0.2) is 42.5 Å². The molecule has 3 N–H and O–H groups in total. The quantitative estimate of drug-likeness (QED) is 0.771. The highest BCUT2D eigenvalue weighted by atomic mass is 35.5. The van der Waals surface area contributed by atoms with Crippen LogP contribution >= 0.6 is 11.6 Å². The van der Waals surface area contributed by atoms with Gasteiger partial charge in [-0.3, -0.25) is 4.79 Å². The van der Waals surface area contributed by atoms with Gasteiger partial charge in [0.1, 0.15) is 11.6 Å². The Kier molecular flexibility index (Phi) is 5.40. The zero-order valence-corrected chi connectivity index (χ0v) is 14.4. The van der Waals surface area contributed by atoms with Gasteiger partial charge in [-0.25, -0.2) is 4.39 Å². The van der Waals surface area contributed by atoms with Gasteiger partial charge in [-0.1, -0.05) is 23.7 Å². The number of quaternary nitrogens is 1. The van der Waals surface area contributed by atoms with Crippen LogP contribution in [-0.4, -0.2) is 43.7 Å². The molecule has 0 aliphatic carbocycles. The first-order chi connectivity index (χ1) is 12.0. The van der Waals surface area contributed by atoms with Crippen molar-refractivity contribution < 1.29 is 19.2 Å². The molecule has 0 aromatic heterocycles. The molecule has 7 heteroatoms. The number of amides is 1. The highest BCUT2D eigenvalue weighted by Crippen LogP contribution is 2.26. The van der Waals surface area contributed by atoms with Crippen molar-refractivity contribution in [2.75, 3.05) is 42.9 Å². The number of piperazine rings is 1. The summed E-state index contributed by atoms with van der Waals surface area (Å²) in [4.78, 5) is 15.5. The number of para-hydroxylation sites is 2. The minimum absolute atomic E-state index is 0.153. The van der Waals surface area contributed by atoms with E-state index < -0.39 is 5.82 Å². The molecule has 0 saturated carbocycles. The molecular formula is C18H20ClFN3O2+. The summed E-state index contributed by atoms with van der Waals surface area (Å²) in [7, 11) is 0. The summed E-state index contributed by atoms with van der Waals surface area (Å²) in [5.74, 6) is -0.317. The molecule has 25 heavy (non-hydrogen) atoms. The monoisotopic (exact) mass is 364 g/mol. The second kappa shape index (κ2) is 7.72. The van der Waals surface area contributed by atoms with Gasteiger partial charge < -0.3 is 20.2 Å². The lowest BCUT2D eigenvalue weighted by Crippen LogP contribution is -3.15. The highest BCUT2D eigenvalue weighted by Gasteiger charge is 2.23. The summed E-state index contributed by atoms with van der Waals surface area (Å²) < 4.78 is 13.0. The molecule has 1 aliphatic rings. The van der Waals surface area contributed by atoms with Crippen LogP contribution in [0.25, 0.3) is 0 Å². The third-order valence-corrected chi connectivity index (χ3v) is 4.62. The topological polar surface area (TPSA) is 57.0 Å². The first-order valence-electron chi connectivity index (χ1n) is 8.14. The molecule has 2 aromatic rings. The number of nitrogens with one attached hydrogen (secondary N) is 2. The third kappa shape index (κ3) is 4.41. The summed E-state index contributed by atoms with van der Waals surface area (Å²) in [6.45, 7) is 3.43. The third-order valence-electron chi connectivity index (χ3n) is 4.31. The maximum atomic E-state index is 13.0. The average Bonchev–Trinajstić information content (AvgIpc) is 2.59. The van der Waals surface area contributed by atoms with Gasteiger partial charge in [-0.15, -0.1) is 0 Å². The first kappa shape index (κ1) is 17.5.